The fourth-order valence-corrected chi connectivity index (χ4v) is 5.23. The first-order valence-corrected chi connectivity index (χ1v) is 15.2. The van der Waals surface area contributed by atoms with E-state index in [2.05, 4.69) is 34.8 Å². The number of thioether (sulfide) groups is 1. The molecule has 1 aromatic heterocycles. The standard InChI is InChI=1S/C29H41N5O5S/c1-5-19(2)16-25(33-28(37)23-10-11-26(35)31-23)34(17-20-12-14-30-22-9-7-6-8-21(20)22)18-27(36)32-24(13-15-40-4)29(38)39-3/h6-9,12,14,19,23-25H,5,10-11,13,15-18H2,1-4H3,(H,31,35)(H,32,36)(H,33,37)/t19-,23-,24-,25?/m0/s1. The number of carbonyl (C=O) groups excluding carboxylic acids is 4. The molecule has 0 spiro atoms. The number of fused-ring (bicyclic) bond motifs is 1. The number of nitrogens with zero attached hydrogens (tertiary/aromatic N) is 2. The minimum Gasteiger partial charge on any atom is -0.467 e. The maximum Gasteiger partial charge on any atom is 0.328 e. The molecule has 0 saturated carbocycles. The van der Waals surface area contributed by atoms with Crippen molar-refractivity contribution >= 4 is 46.4 Å². The molecular formula is C29H41N5O5S. The Morgan fingerprint density at radius 2 is 2.00 bits per heavy atom. The maximum atomic E-state index is 13.4. The van der Waals surface area contributed by atoms with E-state index in [-0.39, 0.29) is 30.2 Å². The van der Waals surface area contributed by atoms with E-state index in [0.717, 1.165) is 22.9 Å². The van der Waals surface area contributed by atoms with E-state index in [1.165, 1.54) is 7.11 Å². The lowest BCUT2D eigenvalue weighted by Gasteiger charge is -2.34. The van der Waals surface area contributed by atoms with Gasteiger partial charge in [-0.05, 0) is 54.9 Å². The van der Waals surface area contributed by atoms with Gasteiger partial charge in [-0.25, -0.2) is 4.79 Å². The van der Waals surface area contributed by atoms with Crippen LogP contribution in [-0.2, 0) is 30.5 Å². The smallest absolute Gasteiger partial charge is 0.328 e. The Bertz CT molecular complexity index is 1170. The second-order valence-corrected chi connectivity index (χ2v) is 11.2. The monoisotopic (exact) mass is 571 g/mol. The molecule has 1 aliphatic rings. The summed E-state index contributed by atoms with van der Waals surface area (Å²) in [5, 5.41) is 9.66. The number of rotatable bonds is 15. The van der Waals surface area contributed by atoms with Crippen LogP contribution in [-0.4, -0.2) is 77.5 Å². The Morgan fingerprint density at radius 3 is 2.67 bits per heavy atom. The van der Waals surface area contributed by atoms with E-state index >= 15 is 0 Å². The molecule has 1 aliphatic heterocycles. The van der Waals surface area contributed by atoms with Gasteiger partial charge in [-0.1, -0.05) is 38.5 Å². The average Bonchev–Trinajstić information content (AvgIpc) is 3.40. The molecule has 0 bridgehead atoms. The zero-order valence-electron chi connectivity index (χ0n) is 23.8. The fourth-order valence-electron chi connectivity index (χ4n) is 4.76. The van der Waals surface area contributed by atoms with Gasteiger partial charge in [-0.2, -0.15) is 11.8 Å². The molecular weight excluding hydrogens is 530 g/mol. The number of methoxy groups -OCH3 is 1. The molecule has 1 aromatic carbocycles. The quantitative estimate of drug-likeness (QED) is 0.220. The van der Waals surface area contributed by atoms with Crippen molar-refractivity contribution < 1.29 is 23.9 Å². The molecule has 11 heteroatoms. The summed E-state index contributed by atoms with van der Waals surface area (Å²) in [5.74, 6) is -0.295. The van der Waals surface area contributed by atoms with Crippen molar-refractivity contribution in [3.8, 4) is 0 Å². The first-order valence-electron chi connectivity index (χ1n) is 13.8. The van der Waals surface area contributed by atoms with Crippen LogP contribution < -0.4 is 16.0 Å². The molecule has 0 aliphatic carbocycles. The van der Waals surface area contributed by atoms with Gasteiger partial charge >= 0.3 is 5.97 Å². The minimum atomic E-state index is -0.759. The number of amides is 3. The van der Waals surface area contributed by atoms with Crippen LogP contribution in [0.1, 0.15) is 51.5 Å². The van der Waals surface area contributed by atoms with E-state index in [1.54, 1.807) is 18.0 Å². The zero-order valence-corrected chi connectivity index (χ0v) is 24.6. The van der Waals surface area contributed by atoms with Crippen molar-refractivity contribution in [3.63, 3.8) is 0 Å². The number of pyridine rings is 1. The molecule has 1 saturated heterocycles. The molecule has 4 atom stereocenters. The number of carbonyl (C=O) groups is 4. The van der Waals surface area contributed by atoms with Crippen molar-refractivity contribution in [2.24, 2.45) is 5.92 Å². The van der Waals surface area contributed by atoms with Gasteiger partial charge in [0.15, 0.2) is 0 Å². The van der Waals surface area contributed by atoms with Crippen molar-refractivity contribution in [1.82, 2.24) is 25.8 Å². The molecule has 2 heterocycles. The number of esters is 1. The highest BCUT2D eigenvalue weighted by Crippen LogP contribution is 2.22. The van der Waals surface area contributed by atoms with Crippen LogP contribution in [0, 0.1) is 5.92 Å². The Labute approximate surface area is 240 Å². The first kappa shape index (κ1) is 31.3. The third kappa shape index (κ3) is 8.92. The Kier molecular flexibility index (Phi) is 12.2. The van der Waals surface area contributed by atoms with Gasteiger partial charge in [0.1, 0.15) is 12.1 Å². The van der Waals surface area contributed by atoms with Crippen LogP contribution in [0.5, 0.6) is 0 Å². The molecule has 218 valence electrons. The van der Waals surface area contributed by atoms with Crippen LogP contribution in [0.4, 0.5) is 0 Å². The molecule has 3 N–H and O–H groups in total. The summed E-state index contributed by atoms with van der Waals surface area (Å²) in [6, 6.07) is 8.35. The number of ether oxygens (including phenoxy) is 1. The topological polar surface area (TPSA) is 130 Å². The second-order valence-electron chi connectivity index (χ2n) is 10.2. The molecule has 1 fully saturated rings. The van der Waals surface area contributed by atoms with E-state index in [9.17, 15) is 19.2 Å². The van der Waals surface area contributed by atoms with Crippen LogP contribution in [0.25, 0.3) is 10.9 Å². The van der Waals surface area contributed by atoms with Crippen molar-refractivity contribution in [2.75, 3.05) is 25.7 Å². The molecule has 10 nitrogen and oxygen atoms in total. The van der Waals surface area contributed by atoms with Crippen LogP contribution in [0.3, 0.4) is 0 Å². The lowest BCUT2D eigenvalue weighted by Crippen LogP contribution is -2.56. The van der Waals surface area contributed by atoms with Gasteiger partial charge in [0.2, 0.25) is 17.7 Å². The summed E-state index contributed by atoms with van der Waals surface area (Å²) >= 11 is 1.58. The summed E-state index contributed by atoms with van der Waals surface area (Å²) < 4.78 is 4.92. The van der Waals surface area contributed by atoms with Crippen LogP contribution in [0.15, 0.2) is 36.5 Å². The van der Waals surface area contributed by atoms with E-state index in [1.807, 2.05) is 41.5 Å². The highest BCUT2D eigenvalue weighted by molar-refractivity contribution is 7.98. The van der Waals surface area contributed by atoms with Crippen LogP contribution in [0.2, 0.25) is 0 Å². The molecule has 1 unspecified atom stereocenters. The van der Waals surface area contributed by atoms with Crippen molar-refractivity contribution in [1.29, 1.82) is 0 Å². The minimum absolute atomic E-state index is 0.0538. The molecule has 2 aromatic rings. The lowest BCUT2D eigenvalue weighted by molar-refractivity contribution is -0.145. The summed E-state index contributed by atoms with van der Waals surface area (Å²) in [6.45, 7) is 4.50. The fraction of sp³-hybridized carbons (Fsp3) is 0.552. The SMILES string of the molecule is CC[C@H](C)CC(NC(=O)[C@@H]1CCC(=O)N1)N(CC(=O)N[C@@H](CCSC)C(=O)OC)Cc1ccnc2ccccc12. The Balaban J connectivity index is 1.91. The molecule has 40 heavy (non-hydrogen) atoms. The number of para-hydroxylation sites is 1. The third-order valence-corrected chi connectivity index (χ3v) is 7.92. The number of benzene rings is 1. The molecule has 3 rings (SSSR count). The van der Waals surface area contributed by atoms with Gasteiger partial charge in [0.25, 0.3) is 0 Å². The van der Waals surface area contributed by atoms with E-state index < -0.39 is 24.2 Å². The largest absolute Gasteiger partial charge is 0.467 e. The lowest BCUT2D eigenvalue weighted by atomic mass is 10.0. The number of hydrogen-bond donors (Lipinski definition) is 3. The highest BCUT2D eigenvalue weighted by atomic mass is 32.2. The predicted octanol–water partition coefficient (Wildman–Crippen LogP) is 2.60. The summed E-state index contributed by atoms with van der Waals surface area (Å²) in [5.41, 5.74) is 1.80. The molecule has 3 amide bonds. The van der Waals surface area contributed by atoms with Crippen molar-refractivity contribution in [2.45, 2.75) is 70.7 Å². The summed E-state index contributed by atoms with van der Waals surface area (Å²) in [4.78, 5) is 57.1. The first-order chi connectivity index (χ1) is 19.2. The Hall–Kier alpha value is -3.18. The number of hydrogen-bond acceptors (Lipinski definition) is 8. The maximum absolute atomic E-state index is 13.4. The average molecular weight is 572 g/mol. The van der Waals surface area contributed by atoms with Gasteiger partial charge in [-0.3, -0.25) is 24.3 Å². The second kappa shape index (κ2) is 15.6. The van der Waals surface area contributed by atoms with E-state index in [4.69, 9.17) is 4.74 Å². The zero-order chi connectivity index (χ0) is 29.1. The van der Waals surface area contributed by atoms with E-state index in [0.29, 0.717) is 38.0 Å². The summed E-state index contributed by atoms with van der Waals surface area (Å²) in [6.07, 6.45) is 5.88. The van der Waals surface area contributed by atoms with Gasteiger partial charge in [0, 0.05) is 24.5 Å². The van der Waals surface area contributed by atoms with Crippen LogP contribution >= 0.6 is 11.8 Å². The van der Waals surface area contributed by atoms with Gasteiger partial charge in [-0.15, -0.1) is 0 Å². The predicted molar refractivity (Wildman–Crippen MR) is 156 cm³/mol. The molecule has 0 radical (unpaired) electrons. The third-order valence-electron chi connectivity index (χ3n) is 7.28. The summed E-state index contributed by atoms with van der Waals surface area (Å²) in [7, 11) is 1.31. The highest BCUT2D eigenvalue weighted by Gasteiger charge is 2.32. The van der Waals surface area contributed by atoms with Gasteiger partial charge < -0.3 is 20.7 Å². The van der Waals surface area contributed by atoms with Gasteiger partial charge in [0.05, 0.1) is 25.3 Å². The number of aromatic nitrogens is 1. The number of nitrogens with one attached hydrogen (secondary N) is 3. The normalized spacial score (nSPS) is 17.2. The Morgan fingerprint density at radius 1 is 1.23 bits per heavy atom. The van der Waals surface area contributed by atoms with Crippen molar-refractivity contribution in [3.05, 3.63) is 42.1 Å².